The second-order valence-corrected chi connectivity index (χ2v) is 9.30. The summed E-state index contributed by atoms with van der Waals surface area (Å²) in [7, 11) is 0. The second-order valence-electron chi connectivity index (χ2n) is 8.25. The van der Waals surface area contributed by atoms with Crippen molar-refractivity contribution in [3.8, 4) is 11.5 Å². The fourth-order valence-corrected chi connectivity index (χ4v) is 5.39. The minimum absolute atomic E-state index is 0.212. The standard InChI is InChI=1S/C27H31N3O4S/c1-5-20(26(31)28-15-14-18-12-13-21(33-6-2)22(16-18)34-7-3)30-27(32)24-19-10-8-9-11-23(19)35-25(24)17(4)29-30/h8-13,16,20H,5-7,14-15H2,1-4H3,(H,28,31)/t20-/m1/s1. The Bertz CT molecular complexity index is 1410. The van der Waals surface area contributed by atoms with E-state index < -0.39 is 6.04 Å². The topological polar surface area (TPSA) is 82.5 Å². The lowest BCUT2D eigenvalue weighted by atomic mass is 10.1. The van der Waals surface area contributed by atoms with Crippen LogP contribution >= 0.6 is 11.3 Å². The van der Waals surface area contributed by atoms with Crippen LogP contribution in [-0.2, 0) is 11.2 Å². The molecule has 0 saturated carbocycles. The molecule has 0 saturated heterocycles. The maximum absolute atomic E-state index is 13.4. The van der Waals surface area contributed by atoms with Crippen LogP contribution in [-0.4, -0.2) is 35.4 Å². The molecule has 0 fully saturated rings. The number of rotatable bonds is 10. The van der Waals surface area contributed by atoms with E-state index in [0.29, 0.717) is 49.5 Å². The minimum Gasteiger partial charge on any atom is -0.490 e. The molecule has 184 valence electrons. The van der Waals surface area contributed by atoms with Gasteiger partial charge in [0.1, 0.15) is 6.04 Å². The molecule has 0 radical (unpaired) electrons. The Morgan fingerprint density at radius 2 is 1.83 bits per heavy atom. The summed E-state index contributed by atoms with van der Waals surface area (Å²) in [6.45, 7) is 9.19. The monoisotopic (exact) mass is 493 g/mol. The van der Waals surface area contributed by atoms with E-state index in [0.717, 1.165) is 26.0 Å². The summed E-state index contributed by atoms with van der Waals surface area (Å²) in [6.07, 6.45) is 1.09. The summed E-state index contributed by atoms with van der Waals surface area (Å²) in [6, 6.07) is 13.0. The van der Waals surface area contributed by atoms with E-state index in [1.807, 2.05) is 70.2 Å². The SMILES string of the molecule is CCOc1ccc(CCNC(=O)[C@@H](CC)n2nc(C)c3sc4ccccc4c3c2=O)cc1OCC. The molecule has 0 aliphatic carbocycles. The van der Waals surface area contributed by atoms with Crippen LogP contribution < -0.4 is 20.3 Å². The van der Waals surface area contributed by atoms with Crippen molar-refractivity contribution in [2.45, 2.75) is 46.6 Å². The van der Waals surface area contributed by atoms with Gasteiger partial charge in [0.2, 0.25) is 5.91 Å². The number of hydrogen-bond donors (Lipinski definition) is 1. The molecule has 2 aromatic carbocycles. The van der Waals surface area contributed by atoms with Crippen molar-refractivity contribution in [1.82, 2.24) is 15.1 Å². The largest absolute Gasteiger partial charge is 0.490 e. The first-order valence-corrected chi connectivity index (χ1v) is 12.9. The molecule has 1 N–H and O–H groups in total. The van der Waals surface area contributed by atoms with Gasteiger partial charge in [-0.05, 0) is 57.4 Å². The zero-order valence-corrected chi connectivity index (χ0v) is 21.4. The van der Waals surface area contributed by atoms with E-state index in [1.165, 1.54) is 4.68 Å². The summed E-state index contributed by atoms with van der Waals surface area (Å²) in [5.41, 5.74) is 1.56. The van der Waals surface area contributed by atoms with Crippen molar-refractivity contribution >= 4 is 37.4 Å². The van der Waals surface area contributed by atoms with Crippen LogP contribution in [0.15, 0.2) is 47.3 Å². The van der Waals surface area contributed by atoms with Crippen LogP contribution in [0, 0.1) is 6.92 Å². The van der Waals surface area contributed by atoms with Gasteiger partial charge in [-0.15, -0.1) is 11.3 Å². The van der Waals surface area contributed by atoms with Crippen molar-refractivity contribution in [3.63, 3.8) is 0 Å². The third kappa shape index (κ3) is 5.03. The molecule has 1 amide bonds. The normalized spacial score (nSPS) is 12.1. The predicted octanol–water partition coefficient (Wildman–Crippen LogP) is 5.03. The molecule has 0 bridgehead atoms. The number of ether oxygens (including phenoxy) is 2. The number of amides is 1. The van der Waals surface area contributed by atoms with Crippen molar-refractivity contribution in [2.24, 2.45) is 0 Å². The summed E-state index contributed by atoms with van der Waals surface area (Å²) in [5.74, 6) is 1.20. The molecule has 35 heavy (non-hydrogen) atoms. The third-order valence-electron chi connectivity index (χ3n) is 5.91. The second kappa shape index (κ2) is 10.9. The molecule has 2 heterocycles. The highest BCUT2D eigenvalue weighted by atomic mass is 32.1. The lowest BCUT2D eigenvalue weighted by Crippen LogP contribution is -2.39. The molecular weight excluding hydrogens is 462 g/mol. The fourth-order valence-electron chi connectivity index (χ4n) is 4.26. The van der Waals surface area contributed by atoms with Gasteiger partial charge in [-0.1, -0.05) is 31.2 Å². The van der Waals surface area contributed by atoms with Crippen LogP contribution in [0.5, 0.6) is 11.5 Å². The third-order valence-corrected chi connectivity index (χ3v) is 7.19. The van der Waals surface area contributed by atoms with Crippen molar-refractivity contribution < 1.29 is 14.3 Å². The average molecular weight is 494 g/mol. The van der Waals surface area contributed by atoms with Gasteiger partial charge in [0.25, 0.3) is 5.56 Å². The van der Waals surface area contributed by atoms with E-state index in [-0.39, 0.29) is 11.5 Å². The molecule has 8 heteroatoms. The van der Waals surface area contributed by atoms with E-state index >= 15 is 0 Å². The first-order chi connectivity index (χ1) is 17.0. The number of aryl methyl sites for hydroxylation is 1. The lowest BCUT2D eigenvalue weighted by Gasteiger charge is -2.18. The molecule has 4 rings (SSSR count). The molecular formula is C27H31N3O4S. The van der Waals surface area contributed by atoms with Crippen molar-refractivity contribution in [2.75, 3.05) is 19.8 Å². The number of benzene rings is 2. The Labute approximate surface area is 208 Å². The number of aromatic nitrogens is 2. The Kier molecular flexibility index (Phi) is 7.70. The molecule has 1 atom stereocenters. The van der Waals surface area contributed by atoms with Gasteiger partial charge in [0.15, 0.2) is 11.5 Å². The molecule has 7 nitrogen and oxygen atoms in total. The van der Waals surface area contributed by atoms with Gasteiger partial charge >= 0.3 is 0 Å². The quantitative estimate of drug-likeness (QED) is 0.335. The van der Waals surface area contributed by atoms with Gasteiger partial charge in [0.05, 0.1) is 29.0 Å². The number of carbonyl (C=O) groups excluding carboxylic acids is 1. The number of nitrogens with one attached hydrogen (secondary N) is 1. The highest BCUT2D eigenvalue weighted by Crippen LogP contribution is 2.33. The molecule has 0 aliphatic heterocycles. The van der Waals surface area contributed by atoms with Gasteiger partial charge in [0, 0.05) is 16.6 Å². The molecule has 0 spiro atoms. The molecule has 2 aromatic heterocycles. The van der Waals surface area contributed by atoms with E-state index in [1.54, 1.807) is 11.3 Å². The van der Waals surface area contributed by atoms with Crippen molar-refractivity contribution in [3.05, 3.63) is 64.1 Å². The summed E-state index contributed by atoms with van der Waals surface area (Å²) in [5, 5.41) is 9.08. The smallest absolute Gasteiger partial charge is 0.276 e. The number of hydrogen-bond acceptors (Lipinski definition) is 6. The van der Waals surface area contributed by atoms with Gasteiger partial charge in [-0.25, -0.2) is 4.68 Å². The first kappa shape index (κ1) is 24.7. The highest BCUT2D eigenvalue weighted by molar-refractivity contribution is 7.26. The predicted molar refractivity (Wildman–Crippen MR) is 141 cm³/mol. The highest BCUT2D eigenvalue weighted by Gasteiger charge is 2.24. The zero-order valence-electron chi connectivity index (χ0n) is 20.6. The van der Waals surface area contributed by atoms with Crippen LogP contribution in [0.2, 0.25) is 0 Å². The maximum Gasteiger partial charge on any atom is 0.276 e. The van der Waals surface area contributed by atoms with Crippen molar-refractivity contribution in [1.29, 1.82) is 0 Å². The van der Waals surface area contributed by atoms with Crippen LogP contribution in [0.4, 0.5) is 0 Å². The zero-order chi connectivity index (χ0) is 24.9. The average Bonchev–Trinajstić information content (AvgIpc) is 3.25. The van der Waals surface area contributed by atoms with E-state index in [2.05, 4.69) is 10.4 Å². The number of fused-ring (bicyclic) bond motifs is 3. The Morgan fingerprint density at radius 3 is 2.57 bits per heavy atom. The lowest BCUT2D eigenvalue weighted by molar-refractivity contribution is -0.124. The Balaban J connectivity index is 1.53. The van der Waals surface area contributed by atoms with Gasteiger partial charge in [-0.2, -0.15) is 5.10 Å². The van der Waals surface area contributed by atoms with E-state index in [4.69, 9.17) is 9.47 Å². The molecule has 4 aromatic rings. The number of thiophene rings is 1. The minimum atomic E-state index is -0.677. The van der Waals surface area contributed by atoms with E-state index in [9.17, 15) is 9.59 Å². The molecule has 0 unspecified atom stereocenters. The number of nitrogens with zero attached hydrogens (tertiary/aromatic N) is 2. The summed E-state index contributed by atoms with van der Waals surface area (Å²) >= 11 is 1.56. The van der Waals surface area contributed by atoms with Crippen LogP contribution in [0.1, 0.15) is 44.5 Å². The summed E-state index contributed by atoms with van der Waals surface area (Å²) < 4.78 is 14.6. The molecule has 0 aliphatic rings. The van der Waals surface area contributed by atoms with Crippen LogP contribution in [0.3, 0.4) is 0 Å². The summed E-state index contributed by atoms with van der Waals surface area (Å²) in [4.78, 5) is 26.6. The van der Waals surface area contributed by atoms with Crippen LogP contribution in [0.25, 0.3) is 20.2 Å². The van der Waals surface area contributed by atoms with Gasteiger partial charge < -0.3 is 14.8 Å². The Morgan fingerprint density at radius 1 is 1.09 bits per heavy atom. The maximum atomic E-state index is 13.4. The number of carbonyl (C=O) groups is 1. The van der Waals surface area contributed by atoms with Gasteiger partial charge in [-0.3, -0.25) is 9.59 Å². The Hall–Kier alpha value is -3.39. The first-order valence-electron chi connectivity index (χ1n) is 12.0. The fraction of sp³-hybridized carbons (Fsp3) is 0.370.